The minimum absolute atomic E-state index is 0.0245. The van der Waals surface area contributed by atoms with Crippen molar-refractivity contribution in [2.45, 2.75) is 0 Å². The first-order valence-electron chi connectivity index (χ1n) is 7.57. The smallest absolute Gasteiger partial charge is 0.273 e. The van der Waals surface area contributed by atoms with Crippen LogP contribution in [0.2, 0.25) is 10.0 Å². The molecule has 130 valence electrons. The Morgan fingerprint density at radius 2 is 1.35 bits per heavy atom. The van der Waals surface area contributed by atoms with Gasteiger partial charge in [0.25, 0.3) is 5.56 Å². The molecule has 0 unspecified atom stereocenters. The number of halogens is 2. The average molecular weight is 405 g/mol. The van der Waals surface area contributed by atoms with E-state index < -0.39 is 5.56 Å². The van der Waals surface area contributed by atoms with E-state index in [1.165, 1.54) is 4.57 Å². The Hall–Kier alpha value is -2.41. The Kier molecular flexibility index (Phi) is 4.19. The molecule has 4 rings (SSSR count). The van der Waals surface area contributed by atoms with E-state index in [0.29, 0.717) is 21.4 Å². The highest BCUT2D eigenvalue weighted by molar-refractivity contribution is 7.71. The van der Waals surface area contributed by atoms with Gasteiger partial charge in [-0.15, -0.1) is 0 Å². The summed E-state index contributed by atoms with van der Waals surface area (Å²) in [5.74, 6) is -0.233. The fourth-order valence-corrected chi connectivity index (χ4v) is 3.43. The van der Waals surface area contributed by atoms with Gasteiger partial charge in [-0.2, -0.15) is 0 Å². The number of aromatic nitrogens is 2. The quantitative estimate of drug-likeness (QED) is 0.599. The fourth-order valence-electron chi connectivity index (χ4n) is 2.81. The summed E-state index contributed by atoms with van der Waals surface area (Å²) in [7, 11) is 0. The third-order valence-corrected chi connectivity index (χ3v) is 4.87. The molecule has 1 aromatic heterocycles. The molecule has 26 heavy (non-hydrogen) atoms. The summed E-state index contributed by atoms with van der Waals surface area (Å²) in [5.41, 5.74) is 0.603. The van der Waals surface area contributed by atoms with Gasteiger partial charge in [-0.1, -0.05) is 23.2 Å². The van der Waals surface area contributed by atoms with Crippen LogP contribution in [0.3, 0.4) is 0 Å². The molecule has 0 fully saturated rings. The molecular weight excluding hydrogens is 395 g/mol. The predicted molar refractivity (Wildman–Crippen MR) is 102 cm³/mol. The van der Waals surface area contributed by atoms with Gasteiger partial charge in [0.1, 0.15) is 5.56 Å². The van der Waals surface area contributed by atoms with Gasteiger partial charge in [-0.05, 0) is 60.7 Å². The normalized spacial score (nSPS) is 12.8. The molecule has 2 heterocycles. The summed E-state index contributed by atoms with van der Waals surface area (Å²) in [6, 6.07) is 13.5. The third kappa shape index (κ3) is 2.67. The number of ether oxygens (including phenoxy) is 1. The molecular formula is C18H10Cl2N2O3S. The lowest BCUT2D eigenvalue weighted by molar-refractivity contribution is 0.0959. The van der Waals surface area contributed by atoms with Crippen LogP contribution < -0.4 is 10.3 Å². The van der Waals surface area contributed by atoms with Crippen LogP contribution in [0.4, 0.5) is 0 Å². The van der Waals surface area contributed by atoms with Crippen LogP contribution in [-0.4, -0.2) is 21.5 Å². The van der Waals surface area contributed by atoms with E-state index in [1.807, 2.05) is 0 Å². The second-order valence-electron chi connectivity index (χ2n) is 5.60. The summed E-state index contributed by atoms with van der Waals surface area (Å²) in [6.45, 7) is -0.197. The monoisotopic (exact) mass is 404 g/mol. The number of carbonyl (C=O) groups is 1. The SMILES string of the molecule is O=C1COc2c1c(=O)n(-c1ccc(Cl)cc1)c(=S)n2-c1ccc(Cl)cc1. The molecule has 0 spiro atoms. The van der Waals surface area contributed by atoms with Crippen molar-refractivity contribution in [2.24, 2.45) is 0 Å². The Bertz CT molecular complexity index is 1150. The van der Waals surface area contributed by atoms with Gasteiger partial charge in [-0.3, -0.25) is 18.7 Å². The van der Waals surface area contributed by atoms with Gasteiger partial charge < -0.3 is 4.74 Å². The predicted octanol–water partition coefficient (Wildman–Crippen LogP) is 4.24. The number of rotatable bonds is 2. The van der Waals surface area contributed by atoms with Crippen LogP contribution in [-0.2, 0) is 0 Å². The van der Waals surface area contributed by atoms with Crippen LogP contribution in [0.5, 0.6) is 5.88 Å². The second kappa shape index (κ2) is 6.39. The molecule has 0 atom stereocenters. The van der Waals surface area contributed by atoms with Crippen molar-refractivity contribution in [3.8, 4) is 17.3 Å². The lowest BCUT2D eigenvalue weighted by atomic mass is 10.2. The van der Waals surface area contributed by atoms with Gasteiger partial charge in [0.2, 0.25) is 11.7 Å². The number of hydrogen-bond acceptors (Lipinski definition) is 4. The zero-order valence-corrected chi connectivity index (χ0v) is 15.4. The number of ketones is 1. The van der Waals surface area contributed by atoms with E-state index in [2.05, 4.69) is 0 Å². The Labute approximate surface area is 163 Å². The highest BCUT2D eigenvalue weighted by Crippen LogP contribution is 2.28. The second-order valence-corrected chi connectivity index (χ2v) is 6.84. The largest absolute Gasteiger partial charge is 0.469 e. The third-order valence-electron chi connectivity index (χ3n) is 4.00. The molecule has 0 saturated heterocycles. The number of hydrogen-bond donors (Lipinski definition) is 0. The van der Waals surface area contributed by atoms with Gasteiger partial charge in [0.15, 0.2) is 11.4 Å². The van der Waals surface area contributed by atoms with Crippen molar-refractivity contribution in [1.29, 1.82) is 0 Å². The van der Waals surface area contributed by atoms with Crippen molar-refractivity contribution in [2.75, 3.05) is 6.61 Å². The van der Waals surface area contributed by atoms with Crippen LogP contribution in [0, 0.1) is 4.77 Å². The fraction of sp³-hybridized carbons (Fsp3) is 0.0556. The van der Waals surface area contributed by atoms with Crippen molar-refractivity contribution in [3.63, 3.8) is 0 Å². The first kappa shape index (κ1) is 17.0. The Balaban J connectivity index is 2.10. The van der Waals surface area contributed by atoms with Gasteiger partial charge >= 0.3 is 0 Å². The topological polar surface area (TPSA) is 53.2 Å². The van der Waals surface area contributed by atoms with Gasteiger partial charge in [0.05, 0.1) is 11.4 Å². The molecule has 8 heteroatoms. The van der Waals surface area contributed by atoms with E-state index in [4.69, 9.17) is 40.2 Å². The van der Waals surface area contributed by atoms with Gasteiger partial charge in [-0.25, -0.2) is 0 Å². The van der Waals surface area contributed by atoms with E-state index in [9.17, 15) is 9.59 Å². The molecule has 2 aromatic carbocycles. The summed E-state index contributed by atoms with van der Waals surface area (Å²) >= 11 is 17.4. The Morgan fingerprint density at radius 3 is 1.88 bits per heavy atom. The van der Waals surface area contributed by atoms with Crippen molar-refractivity contribution in [1.82, 2.24) is 9.13 Å². The minimum Gasteiger partial charge on any atom is -0.469 e. The maximum atomic E-state index is 12.9. The van der Waals surface area contributed by atoms with E-state index >= 15 is 0 Å². The van der Waals surface area contributed by atoms with Crippen molar-refractivity contribution >= 4 is 41.2 Å². The molecule has 5 nitrogen and oxygen atoms in total. The Morgan fingerprint density at radius 1 is 0.846 bits per heavy atom. The molecule has 0 saturated carbocycles. The first-order chi connectivity index (χ1) is 12.5. The van der Waals surface area contributed by atoms with Crippen LogP contribution >= 0.6 is 35.4 Å². The van der Waals surface area contributed by atoms with Crippen molar-refractivity contribution in [3.05, 3.63) is 79.3 Å². The van der Waals surface area contributed by atoms with E-state index in [1.54, 1.807) is 53.1 Å². The number of fused-ring (bicyclic) bond motifs is 1. The maximum Gasteiger partial charge on any atom is 0.273 e. The molecule has 3 aromatic rings. The molecule has 0 radical (unpaired) electrons. The lowest BCUT2D eigenvalue weighted by Gasteiger charge is -2.16. The summed E-state index contributed by atoms with van der Waals surface area (Å²) in [5, 5.41) is 1.08. The number of nitrogens with zero attached hydrogens (tertiary/aromatic N) is 2. The zero-order chi connectivity index (χ0) is 18.4. The van der Waals surface area contributed by atoms with Crippen LogP contribution in [0.1, 0.15) is 10.4 Å². The van der Waals surface area contributed by atoms with Crippen molar-refractivity contribution < 1.29 is 9.53 Å². The molecule has 0 bridgehead atoms. The summed E-state index contributed by atoms with van der Waals surface area (Å²) in [4.78, 5) is 25.2. The van der Waals surface area contributed by atoms with Gasteiger partial charge in [0, 0.05) is 10.0 Å². The number of benzene rings is 2. The minimum atomic E-state index is -0.514. The number of carbonyl (C=O) groups excluding carboxylic acids is 1. The first-order valence-corrected chi connectivity index (χ1v) is 8.74. The molecule has 0 N–H and O–H groups in total. The van der Waals surface area contributed by atoms with E-state index in [-0.39, 0.29) is 28.6 Å². The van der Waals surface area contributed by atoms with E-state index in [0.717, 1.165) is 0 Å². The summed E-state index contributed by atoms with van der Waals surface area (Å²) in [6.07, 6.45) is 0. The van der Waals surface area contributed by atoms with Crippen LogP contribution in [0.25, 0.3) is 11.4 Å². The lowest BCUT2D eigenvalue weighted by Crippen LogP contribution is -2.27. The molecule has 0 aliphatic carbocycles. The summed E-state index contributed by atoms with van der Waals surface area (Å²) < 4.78 is 8.51. The highest BCUT2D eigenvalue weighted by atomic mass is 35.5. The standard InChI is InChI=1S/C18H10Cl2N2O3S/c19-10-1-5-12(6-2-10)21-16(24)15-14(23)9-25-17(15)22(18(21)26)13-7-3-11(20)4-8-13/h1-8H,9H2. The average Bonchev–Trinajstić information content (AvgIpc) is 3.00. The molecule has 1 aliphatic heterocycles. The maximum absolute atomic E-state index is 12.9. The molecule has 0 amide bonds. The highest BCUT2D eigenvalue weighted by Gasteiger charge is 2.31. The number of Topliss-reactive ketones (excluding diaryl/α,β-unsaturated/α-hetero) is 1. The zero-order valence-electron chi connectivity index (χ0n) is 13.1. The molecule has 1 aliphatic rings. The van der Waals surface area contributed by atoms with Crippen LogP contribution in [0.15, 0.2) is 53.3 Å².